The SMILES string of the molecule is C.C.CC.CC.CCC(C)O.CCCCCCC.CCCCCCC.CCCCCCCC(=O)O.CN. The number of hydrogen-bond donors (Lipinski definition) is 3. The number of unbranched alkanes of at least 4 members (excludes halogenated alkanes) is 12. The molecule has 0 fully saturated rings. The molecular formula is C33H83NO3. The van der Waals surface area contributed by atoms with E-state index in [0.717, 1.165) is 19.3 Å². The molecular weight excluding hydrogens is 458 g/mol. The maximum atomic E-state index is 10.0. The zero-order chi connectivity index (χ0) is 29.2. The van der Waals surface area contributed by atoms with Gasteiger partial charge in [-0.2, -0.15) is 0 Å². The number of hydrogen-bond acceptors (Lipinski definition) is 3. The summed E-state index contributed by atoms with van der Waals surface area (Å²) in [6, 6.07) is 0. The van der Waals surface area contributed by atoms with Crippen molar-refractivity contribution in [1.29, 1.82) is 0 Å². The normalized spacial score (nSPS) is 8.70. The Morgan fingerprint density at radius 1 is 0.568 bits per heavy atom. The fourth-order valence-electron chi connectivity index (χ4n) is 2.23. The zero-order valence-electron chi connectivity index (χ0n) is 27.0. The third-order valence-corrected chi connectivity index (χ3v) is 4.50. The molecule has 0 amide bonds. The van der Waals surface area contributed by atoms with Gasteiger partial charge in [0, 0.05) is 6.42 Å². The first-order valence-electron chi connectivity index (χ1n) is 15.3. The van der Waals surface area contributed by atoms with Gasteiger partial charge in [0.05, 0.1) is 6.10 Å². The van der Waals surface area contributed by atoms with Crippen molar-refractivity contribution in [2.24, 2.45) is 5.73 Å². The smallest absolute Gasteiger partial charge is 0.303 e. The number of nitrogens with two attached hydrogens (primary N) is 1. The number of aliphatic hydroxyl groups is 1. The van der Waals surface area contributed by atoms with Crippen molar-refractivity contribution in [2.45, 2.75) is 206 Å². The highest BCUT2D eigenvalue weighted by atomic mass is 16.4. The maximum Gasteiger partial charge on any atom is 0.303 e. The summed E-state index contributed by atoms with van der Waals surface area (Å²) in [5.41, 5.74) is 4.50. The van der Waals surface area contributed by atoms with E-state index in [1.807, 2.05) is 34.6 Å². The second kappa shape index (κ2) is 83.5. The molecule has 0 aromatic heterocycles. The van der Waals surface area contributed by atoms with Crippen molar-refractivity contribution in [3.63, 3.8) is 0 Å². The van der Waals surface area contributed by atoms with Gasteiger partial charge >= 0.3 is 5.97 Å². The molecule has 0 aromatic rings. The number of aliphatic hydroxyl groups excluding tert-OH is 1. The fourth-order valence-corrected chi connectivity index (χ4v) is 2.23. The van der Waals surface area contributed by atoms with Crippen LogP contribution in [0.3, 0.4) is 0 Å². The van der Waals surface area contributed by atoms with Crippen LogP contribution in [0.1, 0.15) is 200 Å². The van der Waals surface area contributed by atoms with Gasteiger partial charge in [-0.3, -0.25) is 4.79 Å². The van der Waals surface area contributed by atoms with Crippen LogP contribution in [0, 0.1) is 0 Å². The topological polar surface area (TPSA) is 83.5 Å². The highest BCUT2D eigenvalue weighted by Crippen LogP contribution is 2.04. The Morgan fingerprint density at radius 3 is 0.919 bits per heavy atom. The number of rotatable bonds is 15. The first-order chi connectivity index (χ1) is 16.9. The quantitative estimate of drug-likeness (QED) is 0.180. The summed E-state index contributed by atoms with van der Waals surface area (Å²) < 4.78 is 0. The van der Waals surface area contributed by atoms with E-state index in [0.29, 0.717) is 6.42 Å². The Morgan fingerprint density at radius 2 is 0.757 bits per heavy atom. The van der Waals surface area contributed by atoms with Crippen LogP contribution in [0.25, 0.3) is 0 Å². The Kier molecular flexibility index (Phi) is 137. The minimum absolute atomic E-state index is 0. The maximum absolute atomic E-state index is 10.0. The van der Waals surface area contributed by atoms with Crippen molar-refractivity contribution in [3.05, 3.63) is 0 Å². The second-order valence-corrected chi connectivity index (χ2v) is 7.94. The summed E-state index contributed by atoms with van der Waals surface area (Å²) in [6.45, 7) is 22.9. The summed E-state index contributed by atoms with van der Waals surface area (Å²) in [7, 11) is 1.50. The zero-order valence-corrected chi connectivity index (χ0v) is 27.0. The van der Waals surface area contributed by atoms with Crippen LogP contribution in [0.2, 0.25) is 0 Å². The first kappa shape index (κ1) is 60.8. The summed E-state index contributed by atoms with van der Waals surface area (Å²) in [5, 5.41) is 16.6. The van der Waals surface area contributed by atoms with Gasteiger partial charge < -0.3 is 15.9 Å². The molecule has 0 spiro atoms. The lowest BCUT2D eigenvalue weighted by atomic mass is 10.1. The molecule has 0 aromatic carbocycles. The number of aliphatic carboxylic acids is 1. The average molecular weight is 542 g/mol. The third-order valence-electron chi connectivity index (χ3n) is 4.50. The molecule has 1 atom stereocenters. The molecule has 0 heterocycles. The van der Waals surface area contributed by atoms with Crippen LogP contribution in [0.5, 0.6) is 0 Å². The highest BCUT2D eigenvalue weighted by molar-refractivity contribution is 5.66. The molecule has 1 unspecified atom stereocenters. The summed E-state index contributed by atoms with van der Waals surface area (Å²) in [6.07, 6.45) is 20.6. The van der Waals surface area contributed by atoms with Gasteiger partial charge in [-0.25, -0.2) is 0 Å². The van der Waals surface area contributed by atoms with E-state index < -0.39 is 5.97 Å². The average Bonchev–Trinajstić information content (AvgIpc) is 2.89. The van der Waals surface area contributed by atoms with Gasteiger partial charge in [0.1, 0.15) is 0 Å². The minimum atomic E-state index is -0.670. The van der Waals surface area contributed by atoms with Gasteiger partial charge in [-0.15, -0.1) is 0 Å². The van der Waals surface area contributed by atoms with Crippen molar-refractivity contribution in [2.75, 3.05) is 7.05 Å². The van der Waals surface area contributed by atoms with E-state index in [4.69, 9.17) is 10.2 Å². The van der Waals surface area contributed by atoms with Gasteiger partial charge in [-0.05, 0) is 26.8 Å². The van der Waals surface area contributed by atoms with E-state index in [2.05, 4.69) is 40.4 Å². The molecule has 4 heteroatoms. The summed E-state index contributed by atoms with van der Waals surface area (Å²) in [4.78, 5) is 10.0. The molecule has 37 heavy (non-hydrogen) atoms. The van der Waals surface area contributed by atoms with E-state index >= 15 is 0 Å². The monoisotopic (exact) mass is 542 g/mol. The molecule has 0 aliphatic heterocycles. The van der Waals surface area contributed by atoms with Crippen LogP contribution < -0.4 is 5.73 Å². The lowest BCUT2D eigenvalue weighted by Crippen LogP contribution is -1.93. The summed E-state index contributed by atoms with van der Waals surface area (Å²) >= 11 is 0. The Labute approximate surface area is 240 Å². The second-order valence-electron chi connectivity index (χ2n) is 7.94. The van der Waals surface area contributed by atoms with Crippen LogP contribution in [0.15, 0.2) is 0 Å². The molecule has 4 nitrogen and oxygen atoms in total. The Bertz CT molecular complexity index is 242. The lowest BCUT2D eigenvalue weighted by Gasteiger charge is -1.95. The van der Waals surface area contributed by atoms with Crippen molar-refractivity contribution in [3.8, 4) is 0 Å². The lowest BCUT2D eigenvalue weighted by molar-refractivity contribution is -0.137. The molecule has 0 saturated heterocycles. The predicted octanol–water partition coefficient (Wildman–Crippen LogP) is 12.1. The molecule has 238 valence electrons. The number of carboxylic acids is 1. The molecule has 0 rings (SSSR count). The summed E-state index contributed by atoms with van der Waals surface area (Å²) in [5.74, 6) is -0.670. The third kappa shape index (κ3) is 147. The largest absolute Gasteiger partial charge is 0.481 e. The Balaban J connectivity index is -0.0000000378. The predicted molar refractivity (Wildman–Crippen MR) is 178 cm³/mol. The molecule has 0 aliphatic rings. The van der Waals surface area contributed by atoms with Crippen molar-refractivity contribution >= 4 is 5.97 Å². The Hall–Kier alpha value is -0.610. The molecule has 0 bridgehead atoms. The highest BCUT2D eigenvalue weighted by Gasteiger charge is 1.94. The van der Waals surface area contributed by atoms with Crippen LogP contribution in [-0.4, -0.2) is 29.3 Å². The van der Waals surface area contributed by atoms with Gasteiger partial charge in [0.2, 0.25) is 0 Å². The van der Waals surface area contributed by atoms with Gasteiger partial charge in [0.15, 0.2) is 0 Å². The van der Waals surface area contributed by atoms with E-state index in [9.17, 15) is 4.79 Å². The van der Waals surface area contributed by atoms with Gasteiger partial charge in [-0.1, -0.05) is 174 Å². The number of carbonyl (C=O) groups is 1. The van der Waals surface area contributed by atoms with Crippen LogP contribution in [-0.2, 0) is 4.79 Å². The van der Waals surface area contributed by atoms with Crippen LogP contribution in [0.4, 0.5) is 0 Å². The van der Waals surface area contributed by atoms with E-state index in [1.54, 1.807) is 6.92 Å². The van der Waals surface area contributed by atoms with Crippen molar-refractivity contribution in [1.82, 2.24) is 0 Å². The first-order valence-corrected chi connectivity index (χ1v) is 15.3. The number of carboxylic acid groups (broad SMARTS) is 1. The molecule has 0 radical (unpaired) electrons. The molecule has 0 saturated carbocycles. The van der Waals surface area contributed by atoms with Gasteiger partial charge in [0.25, 0.3) is 0 Å². The van der Waals surface area contributed by atoms with Crippen molar-refractivity contribution < 1.29 is 15.0 Å². The standard InChI is InChI=1S/C8H16O2.2C7H16.C4H10O.2C2H6.CH5N.2CH4/c1-2-3-4-5-6-7-8(9)10;2*1-3-5-7-6-4-2;1-3-4(2)5;3*1-2;;/h2-7H2,1H3,(H,9,10);2*3-7H2,1-2H3;4-5H,3H2,1-2H3;2*1-2H3;2H2,1H3;2*1H4. The molecule has 0 aliphatic carbocycles. The fraction of sp³-hybridized carbons (Fsp3) is 0.970. The van der Waals surface area contributed by atoms with E-state index in [1.165, 1.54) is 90.5 Å². The van der Waals surface area contributed by atoms with E-state index in [-0.39, 0.29) is 21.0 Å². The molecule has 4 N–H and O–H groups in total. The minimum Gasteiger partial charge on any atom is -0.481 e. The van der Waals surface area contributed by atoms with Crippen LogP contribution >= 0.6 is 0 Å².